The van der Waals surface area contributed by atoms with Gasteiger partial charge in [0.1, 0.15) is 4.60 Å². The van der Waals surface area contributed by atoms with Crippen LogP contribution in [0.15, 0.2) is 4.60 Å². The molecule has 1 fully saturated rings. The first-order valence-electron chi connectivity index (χ1n) is 6.31. The van der Waals surface area contributed by atoms with Gasteiger partial charge in [0.2, 0.25) is 0 Å². The first kappa shape index (κ1) is 15.3. The summed E-state index contributed by atoms with van der Waals surface area (Å²) in [6.45, 7) is 12.1. The van der Waals surface area contributed by atoms with E-state index in [9.17, 15) is 0 Å². The van der Waals surface area contributed by atoms with Crippen molar-refractivity contribution >= 4 is 39.2 Å². The first-order chi connectivity index (χ1) is 8.62. The predicted octanol–water partition coefficient (Wildman–Crippen LogP) is 2.99. The van der Waals surface area contributed by atoms with E-state index in [1.807, 2.05) is 41.5 Å². The number of nitrogens with zero attached hydrogens (tertiary/aromatic N) is 1. The average molecular weight is 348 g/mol. The van der Waals surface area contributed by atoms with Gasteiger partial charge in [-0.05, 0) is 57.5 Å². The standard InChI is InChI=1S/C12H19BBrNO3S/c1-7(2)16-10-15-9(14)8(19-10)13-17-11(3,4)12(5,6)18-13/h7H,1-6H3. The highest BCUT2D eigenvalue weighted by molar-refractivity contribution is 9.10. The molecule has 1 aromatic heterocycles. The van der Waals surface area contributed by atoms with Gasteiger partial charge in [-0.2, -0.15) is 4.98 Å². The van der Waals surface area contributed by atoms with Crippen molar-refractivity contribution < 1.29 is 14.0 Å². The molecule has 1 saturated heterocycles. The molecule has 0 radical (unpaired) electrons. The Bertz CT molecular complexity index is 460. The Hall–Kier alpha value is -0.105. The van der Waals surface area contributed by atoms with E-state index in [-0.39, 0.29) is 17.3 Å². The molecule has 0 atom stereocenters. The minimum absolute atomic E-state index is 0.101. The van der Waals surface area contributed by atoms with Gasteiger partial charge in [-0.3, -0.25) is 0 Å². The average Bonchev–Trinajstić information content (AvgIpc) is 2.64. The minimum atomic E-state index is -0.401. The van der Waals surface area contributed by atoms with Crippen LogP contribution in [0.5, 0.6) is 5.19 Å². The number of hydrogen-bond donors (Lipinski definition) is 0. The van der Waals surface area contributed by atoms with Crippen LogP contribution in [0.1, 0.15) is 41.5 Å². The Labute approximate surface area is 127 Å². The fourth-order valence-corrected chi connectivity index (χ4v) is 3.24. The SMILES string of the molecule is CC(C)Oc1nc(Br)c(B2OC(C)(C)C(C)(C)O2)s1. The monoisotopic (exact) mass is 347 g/mol. The summed E-state index contributed by atoms with van der Waals surface area (Å²) in [7, 11) is -0.401. The summed E-state index contributed by atoms with van der Waals surface area (Å²) in [5.41, 5.74) is -0.694. The van der Waals surface area contributed by atoms with E-state index in [0.29, 0.717) is 5.19 Å². The molecule has 0 amide bonds. The molecule has 19 heavy (non-hydrogen) atoms. The lowest BCUT2D eigenvalue weighted by Crippen LogP contribution is -2.41. The van der Waals surface area contributed by atoms with Gasteiger partial charge in [0.25, 0.3) is 5.19 Å². The largest absolute Gasteiger partial charge is 0.508 e. The van der Waals surface area contributed by atoms with Gasteiger partial charge in [-0.1, -0.05) is 11.3 Å². The quantitative estimate of drug-likeness (QED) is 0.788. The third-order valence-corrected chi connectivity index (χ3v) is 5.23. The van der Waals surface area contributed by atoms with E-state index < -0.39 is 7.12 Å². The van der Waals surface area contributed by atoms with Crippen molar-refractivity contribution in [3.05, 3.63) is 4.60 Å². The molecule has 0 aliphatic carbocycles. The Morgan fingerprint density at radius 3 is 2.21 bits per heavy atom. The van der Waals surface area contributed by atoms with Gasteiger partial charge >= 0.3 is 7.12 Å². The van der Waals surface area contributed by atoms with Crippen molar-refractivity contribution in [1.29, 1.82) is 0 Å². The molecule has 0 N–H and O–H groups in total. The number of rotatable bonds is 3. The third-order valence-electron chi connectivity index (χ3n) is 3.39. The number of thiazole rings is 1. The van der Waals surface area contributed by atoms with E-state index in [4.69, 9.17) is 14.0 Å². The van der Waals surface area contributed by atoms with Crippen molar-refractivity contribution in [2.75, 3.05) is 0 Å². The molecular formula is C12H19BBrNO3S. The summed E-state index contributed by atoms with van der Waals surface area (Å²) in [5, 5.41) is 0.631. The van der Waals surface area contributed by atoms with Gasteiger partial charge in [0, 0.05) is 0 Å². The van der Waals surface area contributed by atoms with Crippen LogP contribution in [0.25, 0.3) is 0 Å². The second-order valence-corrected chi connectivity index (χ2v) is 7.63. The lowest BCUT2D eigenvalue weighted by molar-refractivity contribution is 0.00578. The third kappa shape index (κ3) is 2.99. The summed E-state index contributed by atoms with van der Waals surface area (Å²) in [4.78, 5) is 4.34. The fourth-order valence-electron chi connectivity index (χ4n) is 1.64. The van der Waals surface area contributed by atoms with Crippen LogP contribution in [-0.2, 0) is 9.31 Å². The van der Waals surface area contributed by atoms with E-state index in [2.05, 4.69) is 20.9 Å². The molecule has 1 aliphatic rings. The van der Waals surface area contributed by atoms with Crippen LogP contribution in [0.4, 0.5) is 0 Å². The molecule has 1 aliphatic heterocycles. The second-order valence-electron chi connectivity index (χ2n) is 5.89. The lowest BCUT2D eigenvalue weighted by atomic mass is 9.89. The normalized spacial score (nSPS) is 21.2. The van der Waals surface area contributed by atoms with Gasteiger partial charge in [0.05, 0.1) is 22.1 Å². The summed E-state index contributed by atoms with van der Waals surface area (Å²) in [6, 6.07) is 0. The highest BCUT2D eigenvalue weighted by atomic mass is 79.9. The molecule has 0 bridgehead atoms. The topological polar surface area (TPSA) is 40.6 Å². The van der Waals surface area contributed by atoms with Crippen molar-refractivity contribution in [3.63, 3.8) is 0 Å². The number of hydrogen-bond acceptors (Lipinski definition) is 5. The first-order valence-corrected chi connectivity index (χ1v) is 7.92. The second kappa shape index (κ2) is 5.02. The highest BCUT2D eigenvalue weighted by Gasteiger charge is 2.53. The van der Waals surface area contributed by atoms with Crippen molar-refractivity contribution in [1.82, 2.24) is 4.98 Å². The Kier molecular flexibility index (Phi) is 4.04. The molecule has 0 unspecified atom stereocenters. The molecule has 0 aromatic carbocycles. The zero-order chi connectivity index (χ0) is 14.4. The molecule has 2 rings (SSSR count). The van der Waals surface area contributed by atoms with Crippen molar-refractivity contribution in [2.45, 2.75) is 58.8 Å². The number of aromatic nitrogens is 1. The van der Waals surface area contributed by atoms with E-state index in [1.165, 1.54) is 11.3 Å². The predicted molar refractivity (Wildman–Crippen MR) is 81.3 cm³/mol. The molecule has 0 saturated carbocycles. The molecule has 0 spiro atoms. The highest BCUT2D eigenvalue weighted by Crippen LogP contribution is 2.38. The van der Waals surface area contributed by atoms with Gasteiger partial charge < -0.3 is 14.0 Å². The van der Waals surface area contributed by atoms with Crippen LogP contribution in [0, 0.1) is 0 Å². The van der Waals surface area contributed by atoms with Crippen LogP contribution in [-0.4, -0.2) is 29.4 Å². The number of ether oxygens (including phenoxy) is 1. The lowest BCUT2D eigenvalue weighted by Gasteiger charge is -2.32. The molecule has 1 aromatic rings. The van der Waals surface area contributed by atoms with Gasteiger partial charge in [-0.15, -0.1) is 0 Å². The smallest absolute Gasteiger partial charge is 0.467 e. The summed E-state index contributed by atoms with van der Waals surface area (Å²) < 4.78 is 19.3. The molecule has 7 heteroatoms. The van der Waals surface area contributed by atoms with E-state index in [1.54, 1.807) is 0 Å². The molecule has 2 heterocycles. The van der Waals surface area contributed by atoms with Gasteiger partial charge in [0.15, 0.2) is 0 Å². The Balaban J connectivity index is 2.22. The van der Waals surface area contributed by atoms with E-state index in [0.717, 1.165) is 9.38 Å². The maximum Gasteiger partial charge on any atom is 0.508 e. The fraction of sp³-hybridized carbons (Fsp3) is 0.750. The van der Waals surface area contributed by atoms with Crippen LogP contribution >= 0.6 is 27.3 Å². The van der Waals surface area contributed by atoms with Crippen LogP contribution < -0.4 is 9.51 Å². The zero-order valence-electron chi connectivity index (χ0n) is 12.1. The zero-order valence-corrected chi connectivity index (χ0v) is 14.5. The maximum absolute atomic E-state index is 6.01. The minimum Gasteiger partial charge on any atom is -0.467 e. The van der Waals surface area contributed by atoms with Gasteiger partial charge in [-0.25, -0.2) is 0 Å². The number of halogens is 1. The van der Waals surface area contributed by atoms with Crippen LogP contribution in [0.3, 0.4) is 0 Å². The molecule has 106 valence electrons. The maximum atomic E-state index is 6.01. The van der Waals surface area contributed by atoms with Crippen molar-refractivity contribution in [2.24, 2.45) is 0 Å². The van der Waals surface area contributed by atoms with E-state index >= 15 is 0 Å². The Morgan fingerprint density at radius 1 is 1.21 bits per heavy atom. The molecule has 4 nitrogen and oxygen atoms in total. The molecular weight excluding hydrogens is 329 g/mol. The summed E-state index contributed by atoms with van der Waals surface area (Å²) >= 11 is 4.91. The van der Waals surface area contributed by atoms with Crippen LogP contribution in [0.2, 0.25) is 0 Å². The summed E-state index contributed by atoms with van der Waals surface area (Å²) in [5.74, 6) is 0. The summed E-state index contributed by atoms with van der Waals surface area (Å²) in [6.07, 6.45) is 0.101. The Morgan fingerprint density at radius 2 is 1.74 bits per heavy atom. The van der Waals surface area contributed by atoms with Crippen molar-refractivity contribution in [3.8, 4) is 5.19 Å².